The Morgan fingerprint density at radius 1 is 1.29 bits per heavy atom. The molecule has 116 valence electrons. The Balaban J connectivity index is 2.73. The van der Waals surface area contributed by atoms with Crippen LogP contribution in [0.3, 0.4) is 0 Å². The lowest BCUT2D eigenvalue weighted by molar-refractivity contribution is -0.145. The smallest absolute Gasteiger partial charge is 0.328 e. The molecule has 0 bridgehead atoms. The van der Waals surface area contributed by atoms with Crippen molar-refractivity contribution < 1.29 is 23.1 Å². The fourth-order valence-electron chi connectivity index (χ4n) is 1.93. The highest BCUT2D eigenvalue weighted by molar-refractivity contribution is 5.85. The SMILES string of the molecule is COC(=O)C(CC(C)C)NC(=O)Cc1cccc(F)c1F. The lowest BCUT2D eigenvalue weighted by Gasteiger charge is -2.18. The van der Waals surface area contributed by atoms with E-state index in [9.17, 15) is 18.4 Å². The van der Waals surface area contributed by atoms with E-state index in [0.29, 0.717) is 6.42 Å². The van der Waals surface area contributed by atoms with Crippen molar-refractivity contribution in [3.05, 3.63) is 35.4 Å². The molecule has 0 fully saturated rings. The average Bonchev–Trinajstić information content (AvgIpc) is 2.41. The Hall–Kier alpha value is -1.98. The van der Waals surface area contributed by atoms with Gasteiger partial charge in [-0.1, -0.05) is 26.0 Å². The summed E-state index contributed by atoms with van der Waals surface area (Å²) < 4.78 is 31.2. The summed E-state index contributed by atoms with van der Waals surface area (Å²) in [5, 5.41) is 2.49. The van der Waals surface area contributed by atoms with Gasteiger partial charge in [0.15, 0.2) is 11.6 Å². The first-order valence-corrected chi connectivity index (χ1v) is 6.65. The van der Waals surface area contributed by atoms with E-state index in [1.165, 1.54) is 19.2 Å². The highest BCUT2D eigenvalue weighted by Gasteiger charge is 2.23. The number of nitrogens with one attached hydrogen (secondary N) is 1. The molecule has 1 N–H and O–H groups in total. The highest BCUT2D eigenvalue weighted by Crippen LogP contribution is 2.12. The van der Waals surface area contributed by atoms with Crippen molar-refractivity contribution in [3.63, 3.8) is 0 Å². The van der Waals surface area contributed by atoms with Gasteiger partial charge in [-0.3, -0.25) is 4.79 Å². The quantitative estimate of drug-likeness (QED) is 0.819. The Morgan fingerprint density at radius 3 is 2.52 bits per heavy atom. The molecule has 0 aliphatic heterocycles. The van der Waals surface area contributed by atoms with Gasteiger partial charge < -0.3 is 10.1 Å². The number of esters is 1. The lowest BCUT2D eigenvalue weighted by atomic mass is 10.0. The van der Waals surface area contributed by atoms with Gasteiger partial charge in [0.1, 0.15) is 6.04 Å². The fraction of sp³-hybridized carbons (Fsp3) is 0.467. The molecule has 1 unspecified atom stereocenters. The van der Waals surface area contributed by atoms with Crippen molar-refractivity contribution >= 4 is 11.9 Å². The van der Waals surface area contributed by atoms with E-state index in [1.807, 2.05) is 13.8 Å². The molecule has 0 aliphatic rings. The standard InChI is InChI=1S/C15H19F2NO3/c1-9(2)7-12(15(20)21-3)18-13(19)8-10-5-4-6-11(16)14(10)17/h4-6,9,12H,7-8H2,1-3H3,(H,18,19). The van der Waals surface area contributed by atoms with E-state index in [4.69, 9.17) is 0 Å². The minimum atomic E-state index is -1.05. The van der Waals surface area contributed by atoms with Crippen LogP contribution < -0.4 is 5.32 Å². The Kier molecular flexibility index (Phi) is 6.27. The Morgan fingerprint density at radius 2 is 1.95 bits per heavy atom. The maximum Gasteiger partial charge on any atom is 0.328 e. The number of hydrogen-bond donors (Lipinski definition) is 1. The van der Waals surface area contributed by atoms with Crippen LogP contribution in [0.5, 0.6) is 0 Å². The molecule has 0 spiro atoms. The van der Waals surface area contributed by atoms with Crippen LogP contribution in [-0.2, 0) is 20.7 Å². The van der Waals surface area contributed by atoms with Crippen molar-refractivity contribution in [2.24, 2.45) is 5.92 Å². The monoisotopic (exact) mass is 299 g/mol. The van der Waals surface area contributed by atoms with E-state index in [0.717, 1.165) is 6.07 Å². The van der Waals surface area contributed by atoms with Crippen LogP contribution in [-0.4, -0.2) is 25.0 Å². The fourth-order valence-corrected chi connectivity index (χ4v) is 1.93. The number of benzene rings is 1. The molecule has 0 aliphatic carbocycles. The summed E-state index contributed by atoms with van der Waals surface area (Å²) in [6.45, 7) is 3.79. The van der Waals surface area contributed by atoms with Gasteiger partial charge in [0, 0.05) is 5.56 Å². The van der Waals surface area contributed by atoms with Gasteiger partial charge in [-0.25, -0.2) is 13.6 Å². The predicted octanol–water partition coefficient (Wildman–Crippen LogP) is 2.21. The summed E-state index contributed by atoms with van der Waals surface area (Å²) in [5.41, 5.74) is -0.0549. The van der Waals surface area contributed by atoms with Crippen LogP contribution in [0, 0.1) is 17.6 Å². The molecule has 1 aromatic rings. The summed E-state index contributed by atoms with van der Waals surface area (Å²) in [6.07, 6.45) is 0.0687. The zero-order valence-electron chi connectivity index (χ0n) is 12.3. The van der Waals surface area contributed by atoms with Gasteiger partial charge in [0.25, 0.3) is 0 Å². The molecule has 4 nitrogen and oxygen atoms in total. The number of amides is 1. The normalized spacial score (nSPS) is 12.1. The molecule has 1 rings (SSSR count). The first-order chi connectivity index (χ1) is 9.85. The molecule has 0 heterocycles. The number of carbonyl (C=O) groups is 2. The van der Waals surface area contributed by atoms with Gasteiger partial charge in [-0.05, 0) is 18.4 Å². The second-order valence-corrected chi connectivity index (χ2v) is 5.16. The van der Waals surface area contributed by atoms with Crippen molar-refractivity contribution in [2.45, 2.75) is 32.7 Å². The van der Waals surface area contributed by atoms with E-state index >= 15 is 0 Å². The van der Waals surface area contributed by atoms with Crippen LogP contribution in [0.15, 0.2) is 18.2 Å². The number of halogens is 2. The molecule has 6 heteroatoms. The summed E-state index contributed by atoms with van der Waals surface area (Å²) in [7, 11) is 1.23. The lowest BCUT2D eigenvalue weighted by Crippen LogP contribution is -2.43. The zero-order valence-corrected chi connectivity index (χ0v) is 12.3. The van der Waals surface area contributed by atoms with Gasteiger partial charge in [0.05, 0.1) is 13.5 Å². The Labute approximate surface area is 122 Å². The Bertz CT molecular complexity index is 518. The third-order valence-electron chi connectivity index (χ3n) is 2.91. The highest BCUT2D eigenvalue weighted by atomic mass is 19.2. The minimum Gasteiger partial charge on any atom is -0.467 e. The number of rotatable bonds is 6. The van der Waals surface area contributed by atoms with Crippen LogP contribution in [0.1, 0.15) is 25.8 Å². The third kappa shape index (κ3) is 5.13. The molecule has 1 amide bonds. The van der Waals surface area contributed by atoms with E-state index in [-0.39, 0.29) is 17.9 Å². The largest absolute Gasteiger partial charge is 0.467 e. The summed E-state index contributed by atoms with van der Waals surface area (Å²) in [5.74, 6) is -3.01. The van der Waals surface area contributed by atoms with E-state index in [2.05, 4.69) is 10.1 Å². The molecular formula is C15H19F2NO3. The molecule has 0 aromatic heterocycles. The second-order valence-electron chi connectivity index (χ2n) is 5.16. The topological polar surface area (TPSA) is 55.4 Å². The predicted molar refractivity (Wildman–Crippen MR) is 73.5 cm³/mol. The van der Waals surface area contributed by atoms with E-state index in [1.54, 1.807) is 0 Å². The van der Waals surface area contributed by atoms with Crippen LogP contribution in [0.25, 0.3) is 0 Å². The van der Waals surface area contributed by atoms with Crippen LogP contribution in [0.2, 0.25) is 0 Å². The minimum absolute atomic E-state index is 0.0549. The number of ether oxygens (including phenoxy) is 1. The molecule has 1 aromatic carbocycles. The number of hydrogen-bond acceptors (Lipinski definition) is 3. The molecule has 1 atom stereocenters. The maximum atomic E-state index is 13.5. The van der Waals surface area contributed by atoms with Gasteiger partial charge in [-0.15, -0.1) is 0 Å². The van der Waals surface area contributed by atoms with Gasteiger partial charge in [0.2, 0.25) is 5.91 Å². The maximum absolute atomic E-state index is 13.5. The summed E-state index contributed by atoms with van der Waals surface area (Å²) in [4.78, 5) is 23.5. The van der Waals surface area contributed by atoms with Crippen LogP contribution in [0.4, 0.5) is 8.78 Å². The molecule has 0 radical (unpaired) electrons. The molecule has 21 heavy (non-hydrogen) atoms. The molecule has 0 saturated carbocycles. The first-order valence-electron chi connectivity index (χ1n) is 6.65. The summed E-state index contributed by atoms with van der Waals surface area (Å²) >= 11 is 0. The molecular weight excluding hydrogens is 280 g/mol. The van der Waals surface area contributed by atoms with Crippen molar-refractivity contribution in [1.29, 1.82) is 0 Å². The molecule has 0 saturated heterocycles. The van der Waals surface area contributed by atoms with Crippen molar-refractivity contribution in [3.8, 4) is 0 Å². The van der Waals surface area contributed by atoms with Crippen molar-refractivity contribution in [2.75, 3.05) is 7.11 Å². The summed E-state index contributed by atoms with van der Waals surface area (Å²) in [6, 6.07) is 2.84. The van der Waals surface area contributed by atoms with E-state index < -0.39 is 29.6 Å². The average molecular weight is 299 g/mol. The first kappa shape index (κ1) is 17.1. The van der Waals surface area contributed by atoms with Crippen molar-refractivity contribution in [1.82, 2.24) is 5.32 Å². The zero-order chi connectivity index (χ0) is 16.0. The number of methoxy groups -OCH3 is 1. The third-order valence-corrected chi connectivity index (χ3v) is 2.91. The van der Waals surface area contributed by atoms with Crippen LogP contribution >= 0.6 is 0 Å². The second kappa shape index (κ2) is 7.71. The van der Waals surface area contributed by atoms with Gasteiger partial charge in [-0.2, -0.15) is 0 Å². The van der Waals surface area contributed by atoms with Gasteiger partial charge >= 0.3 is 5.97 Å². The number of carbonyl (C=O) groups excluding carboxylic acids is 2.